The molecule has 0 fully saturated rings. The smallest absolute Gasteiger partial charge is 0.210 e. The summed E-state index contributed by atoms with van der Waals surface area (Å²) in [5, 5.41) is 3.19. The Hall–Kier alpha value is -1.59. The van der Waals surface area contributed by atoms with Crippen molar-refractivity contribution in [1.29, 1.82) is 0 Å². The average Bonchev–Trinajstić information content (AvgIpc) is 2.34. The third-order valence-corrected chi connectivity index (χ3v) is 2.75. The van der Waals surface area contributed by atoms with Crippen LogP contribution in [0.3, 0.4) is 0 Å². The van der Waals surface area contributed by atoms with Gasteiger partial charge in [0.15, 0.2) is 0 Å². The second-order valence-electron chi connectivity index (χ2n) is 4.30. The molecule has 5 heteroatoms. The summed E-state index contributed by atoms with van der Waals surface area (Å²) in [4.78, 5) is 4.40. The zero-order chi connectivity index (χ0) is 13.5. The Morgan fingerprint density at radius 3 is 2.78 bits per heavy atom. The molecule has 0 spiro atoms. The van der Waals surface area contributed by atoms with E-state index < -0.39 is 0 Å². The third-order valence-electron chi connectivity index (χ3n) is 2.75. The lowest BCUT2D eigenvalue weighted by Crippen LogP contribution is -2.37. The number of benzene rings is 1. The lowest BCUT2D eigenvalue weighted by molar-refractivity contribution is 0.185. The molecular formula is C13H22N4O. The molecule has 1 aromatic rings. The molecule has 0 radical (unpaired) electrons. The largest absolute Gasteiger partial charge is 0.382 e. The molecule has 0 saturated carbocycles. The van der Waals surface area contributed by atoms with Gasteiger partial charge in [0.25, 0.3) is 0 Å². The van der Waals surface area contributed by atoms with E-state index in [9.17, 15) is 0 Å². The van der Waals surface area contributed by atoms with Gasteiger partial charge in [0.2, 0.25) is 5.96 Å². The minimum Gasteiger partial charge on any atom is -0.382 e. The first kappa shape index (κ1) is 14.5. The van der Waals surface area contributed by atoms with E-state index in [4.69, 9.17) is 10.6 Å². The number of aryl methyl sites for hydroxylation is 1. The zero-order valence-electron chi connectivity index (χ0n) is 11.4. The summed E-state index contributed by atoms with van der Waals surface area (Å²) < 4.78 is 5.04. The van der Waals surface area contributed by atoms with Gasteiger partial charge in [-0.05, 0) is 38.0 Å². The van der Waals surface area contributed by atoms with Crippen molar-refractivity contribution in [3.8, 4) is 0 Å². The minimum absolute atomic E-state index is 0.0404. The van der Waals surface area contributed by atoms with Crippen molar-refractivity contribution in [2.45, 2.75) is 26.8 Å². The number of rotatable bonds is 4. The van der Waals surface area contributed by atoms with Gasteiger partial charge in [0, 0.05) is 12.8 Å². The van der Waals surface area contributed by atoms with Crippen molar-refractivity contribution in [3.05, 3.63) is 29.3 Å². The number of methoxy groups -OCH3 is 1. The van der Waals surface area contributed by atoms with Crippen LogP contribution in [0.4, 0.5) is 5.69 Å². The van der Waals surface area contributed by atoms with Gasteiger partial charge in [-0.15, -0.1) is 0 Å². The van der Waals surface area contributed by atoms with E-state index in [2.05, 4.69) is 35.6 Å². The Bertz CT molecular complexity index is 417. The summed E-state index contributed by atoms with van der Waals surface area (Å²) in [6, 6.07) is 6.10. The molecule has 1 atom stereocenters. The monoisotopic (exact) mass is 250 g/mol. The van der Waals surface area contributed by atoms with Crippen molar-refractivity contribution in [3.63, 3.8) is 0 Å². The quantitative estimate of drug-likeness (QED) is 0.328. The van der Waals surface area contributed by atoms with E-state index in [1.54, 1.807) is 7.11 Å². The molecule has 0 aliphatic heterocycles. The maximum absolute atomic E-state index is 5.47. The summed E-state index contributed by atoms with van der Waals surface area (Å²) in [5.74, 6) is 6.00. The number of nitrogens with one attached hydrogen (secondary N) is 2. The number of nitrogens with zero attached hydrogens (tertiary/aromatic N) is 1. The number of hydrogen-bond acceptors (Lipinski definition) is 3. The predicted molar refractivity (Wildman–Crippen MR) is 75.6 cm³/mol. The van der Waals surface area contributed by atoms with Crippen LogP contribution in [0.5, 0.6) is 0 Å². The normalized spacial score (nSPS) is 13.3. The van der Waals surface area contributed by atoms with Gasteiger partial charge < -0.3 is 10.1 Å². The molecule has 18 heavy (non-hydrogen) atoms. The molecule has 0 aliphatic rings. The van der Waals surface area contributed by atoms with E-state index >= 15 is 0 Å². The summed E-state index contributed by atoms with van der Waals surface area (Å²) >= 11 is 0. The Morgan fingerprint density at radius 2 is 2.17 bits per heavy atom. The number of hydrazine groups is 1. The van der Waals surface area contributed by atoms with Crippen molar-refractivity contribution in [1.82, 2.24) is 5.43 Å². The molecule has 0 amide bonds. The highest BCUT2D eigenvalue weighted by Crippen LogP contribution is 2.17. The number of guanidine groups is 1. The Morgan fingerprint density at radius 1 is 1.44 bits per heavy atom. The van der Waals surface area contributed by atoms with Crippen LogP contribution in [0.15, 0.2) is 23.2 Å². The van der Waals surface area contributed by atoms with Crippen LogP contribution in [-0.2, 0) is 4.74 Å². The molecule has 1 rings (SSSR count). The van der Waals surface area contributed by atoms with E-state index in [-0.39, 0.29) is 6.04 Å². The molecular weight excluding hydrogens is 228 g/mol. The molecule has 0 aromatic heterocycles. The first-order valence-corrected chi connectivity index (χ1v) is 5.95. The van der Waals surface area contributed by atoms with Crippen LogP contribution in [0.25, 0.3) is 0 Å². The van der Waals surface area contributed by atoms with Crippen LogP contribution in [0.1, 0.15) is 18.1 Å². The molecule has 4 N–H and O–H groups in total. The minimum atomic E-state index is 0.0404. The molecule has 1 unspecified atom stereocenters. The second kappa shape index (κ2) is 6.98. The van der Waals surface area contributed by atoms with Crippen molar-refractivity contribution in [2.24, 2.45) is 10.8 Å². The fourth-order valence-corrected chi connectivity index (χ4v) is 1.62. The van der Waals surface area contributed by atoms with Crippen LogP contribution < -0.4 is 16.6 Å². The number of ether oxygens (including phenoxy) is 1. The van der Waals surface area contributed by atoms with Crippen molar-refractivity contribution in [2.75, 3.05) is 19.0 Å². The van der Waals surface area contributed by atoms with Crippen molar-refractivity contribution < 1.29 is 4.74 Å². The summed E-state index contributed by atoms with van der Waals surface area (Å²) in [7, 11) is 1.65. The molecule has 0 aliphatic carbocycles. The van der Waals surface area contributed by atoms with Gasteiger partial charge in [-0.25, -0.2) is 10.8 Å². The molecule has 1 aromatic carbocycles. The van der Waals surface area contributed by atoms with Crippen LogP contribution in [-0.4, -0.2) is 25.7 Å². The fraction of sp³-hybridized carbons (Fsp3) is 0.462. The van der Waals surface area contributed by atoms with E-state index in [1.807, 2.05) is 19.1 Å². The van der Waals surface area contributed by atoms with E-state index in [1.165, 1.54) is 11.1 Å². The number of aliphatic imine (C=N–C) groups is 1. The lowest BCUT2D eigenvalue weighted by Gasteiger charge is -2.14. The fourth-order valence-electron chi connectivity index (χ4n) is 1.62. The second-order valence-corrected chi connectivity index (χ2v) is 4.30. The molecule has 100 valence electrons. The third kappa shape index (κ3) is 4.01. The van der Waals surface area contributed by atoms with Gasteiger partial charge in [-0.2, -0.15) is 0 Å². The highest BCUT2D eigenvalue weighted by molar-refractivity contribution is 5.94. The Balaban J connectivity index is 2.83. The van der Waals surface area contributed by atoms with Crippen LogP contribution in [0, 0.1) is 13.8 Å². The number of hydrogen-bond donors (Lipinski definition) is 3. The maximum Gasteiger partial charge on any atom is 0.210 e. The Labute approximate surface area is 108 Å². The van der Waals surface area contributed by atoms with Crippen LogP contribution >= 0.6 is 0 Å². The van der Waals surface area contributed by atoms with Gasteiger partial charge in [-0.1, -0.05) is 12.1 Å². The maximum atomic E-state index is 5.47. The predicted octanol–water partition coefficient (Wildman–Crippen LogP) is 1.57. The van der Waals surface area contributed by atoms with Gasteiger partial charge in [-0.3, -0.25) is 5.43 Å². The molecule has 0 saturated heterocycles. The first-order valence-electron chi connectivity index (χ1n) is 5.95. The van der Waals surface area contributed by atoms with Gasteiger partial charge in [0.05, 0.1) is 12.6 Å². The topological polar surface area (TPSA) is 71.7 Å². The first-order chi connectivity index (χ1) is 8.58. The number of nitrogens with two attached hydrogens (primary N) is 1. The molecule has 5 nitrogen and oxygen atoms in total. The number of anilines is 1. The zero-order valence-corrected chi connectivity index (χ0v) is 11.4. The Kier molecular flexibility index (Phi) is 5.61. The van der Waals surface area contributed by atoms with E-state index in [0.29, 0.717) is 12.6 Å². The molecule has 0 bridgehead atoms. The average molecular weight is 250 g/mol. The van der Waals surface area contributed by atoms with Gasteiger partial charge in [0.1, 0.15) is 0 Å². The van der Waals surface area contributed by atoms with E-state index in [0.717, 1.165) is 5.69 Å². The van der Waals surface area contributed by atoms with Crippen LogP contribution in [0.2, 0.25) is 0 Å². The summed E-state index contributed by atoms with van der Waals surface area (Å²) in [6.45, 7) is 6.65. The lowest BCUT2D eigenvalue weighted by atomic mass is 10.1. The highest BCUT2D eigenvalue weighted by Gasteiger charge is 2.05. The SMILES string of the molecule is COCC(C)N=C(NN)Nc1cccc(C)c1C. The molecule has 0 heterocycles. The van der Waals surface area contributed by atoms with Crippen molar-refractivity contribution >= 4 is 11.6 Å². The highest BCUT2D eigenvalue weighted by atomic mass is 16.5. The standard InChI is InChI=1S/C13H22N4O/c1-9-6-5-7-12(11(9)3)16-13(17-14)15-10(2)8-18-4/h5-7,10H,8,14H2,1-4H3,(H2,15,16,17). The summed E-state index contributed by atoms with van der Waals surface area (Å²) in [5.41, 5.74) is 5.97. The van der Waals surface area contributed by atoms with Gasteiger partial charge >= 0.3 is 0 Å². The summed E-state index contributed by atoms with van der Waals surface area (Å²) in [6.07, 6.45) is 0.